The average Bonchev–Trinajstić information content (AvgIpc) is 2.00. The van der Waals surface area contributed by atoms with Gasteiger partial charge in [0.25, 0.3) is 0 Å². The van der Waals surface area contributed by atoms with E-state index in [4.69, 9.17) is 5.26 Å². The third-order valence-electron chi connectivity index (χ3n) is 2.74. The number of rotatable bonds is 3. The number of halogens is 3. The van der Waals surface area contributed by atoms with Gasteiger partial charge in [-0.1, -0.05) is 0 Å². The highest BCUT2D eigenvalue weighted by molar-refractivity contribution is 4.96. The van der Waals surface area contributed by atoms with Gasteiger partial charge in [0.2, 0.25) is 0 Å². The number of nitrogens with one attached hydrogen (secondary N) is 1. The number of nitrogens with zero attached hydrogens (tertiary/aromatic N) is 1. The molecule has 0 heterocycles. The van der Waals surface area contributed by atoms with Crippen LogP contribution in [0.5, 0.6) is 0 Å². The van der Waals surface area contributed by atoms with Gasteiger partial charge in [-0.3, -0.25) is 0 Å². The summed E-state index contributed by atoms with van der Waals surface area (Å²) >= 11 is 0. The Morgan fingerprint density at radius 2 is 2.07 bits per heavy atom. The first-order valence-corrected chi connectivity index (χ1v) is 4.59. The summed E-state index contributed by atoms with van der Waals surface area (Å²) in [4.78, 5) is 0. The molecule has 0 aromatic heterocycles. The van der Waals surface area contributed by atoms with Crippen molar-refractivity contribution in [3.8, 4) is 6.07 Å². The summed E-state index contributed by atoms with van der Waals surface area (Å²) in [5.74, 6) is -1.89. The van der Waals surface area contributed by atoms with E-state index in [9.17, 15) is 13.2 Å². The second-order valence-electron chi connectivity index (χ2n) is 4.02. The van der Waals surface area contributed by atoms with Crippen molar-refractivity contribution < 1.29 is 13.2 Å². The molecule has 1 saturated carbocycles. The van der Waals surface area contributed by atoms with Crippen molar-refractivity contribution in [2.75, 3.05) is 6.54 Å². The van der Waals surface area contributed by atoms with Gasteiger partial charge in [0, 0.05) is 12.1 Å². The molecule has 0 bridgehead atoms. The van der Waals surface area contributed by atoms with Gasteiger partial charge in [-0.25, -0.2) is 0 Å². The van der Waals surface area contributed by atoms with Crippen LogP contribution in [0.25, 0.3) is 0 Å². The Morgan fingerprint density at radius 1 is 1.50 bits per heavy atom. The van der Waals surface area contributed by atoms with E-state index in [0.717, 1.165) is 19.3 Å². The smallest absolute Gasteiger partial charge is 0.310 e. The Kier molecular flexibility index (Phi) is 3.05. The molecule has 0 aliphatic heterocycles. The van der Waals surface area contributed by atoms with Crippen molar-refractivity contribution in [3.05, 3.63) is 0 Å². The van der Waals surface area contributed by atoms with Gasteiger partial charge in [-0.15, -0.1) is 0 Å². The van der Waals surface area contributed by atoms with Crippen molar-refractivity contribution >= 4 is 0 Å². The summed E-state index contributed by atoms with van der Waals surface area (Å²) in [5.41, 5.74) is -0.180. The Morgan fingerprint density at radius 3 is 2.36 bits per heavy atom. The summed E-state index contributed by atoms with van der Waals surface area (Å²) in [6, 6.07) is 1.28. The molecule has 0 spiro atoms. The lowest BCUT2D eigenvalue weighted by molar-refractivity contribution is -0.158. The highest BCUT2D eigenvalue weighted by Crippen LogP contribution is 2.32. The fourth-order valence-electron chi connectivity index (χ4n) is 1.47. The van der Waals surface area contributed by atoms with E-state index >= 15 is 0 Å². The molecule has 0 aromatic carbocycles. The third-order valence-corrected chi connectivity index (χ3v) is 2.74. The molecule has 1 atom stereocenters. The first kappa shape index (κ1) is 11.3. The second-order valence-corrected chi connectivity index (χ2v) is 4.02. The average molecular weight is 206 g/mol. The zero-order valence-corrected chi connectivity index (χ0v) is 7.99. The molecule has 0 aromatic rings. The van der Waals surface area contributed by atoms with Crippen molar-refractivity contribution in [2.45, 2.75) is 37.9 Å². The van der Waals surface area contributed by atoms with Gasteiger partial charge in [0.05, 0.1) is 6.07 Å². The maximum atomic E-state index is 12.2. The summed E-state index contributed by atoms with van der Waals surface area (Å²) < 4.78 is 36.5. The molecule has 1 aliphatic rings. The fourth-order valence-corrected chi connectivity index (χ4v) is 1.47. The normalized spacial score (nSPS) is 22.2. The predicted octanol–water partition coefficient (Wildman–Crippen LogP) is 2.22. The third kappa shape index (κ3) is 2.61. The largest absolute Gasteiger partial charge is 0.405 e. The molecule has 14 heavy (non-hydrogen) atoms. The SMILES string of the molecule is CC1(NCC(C#N)C(F)(F)F)CCC1. The Bertz CT molecular complexity index is 237. The van der Waals surface area contributed by atoms with E-state index in [1.807, 2.05) is 6.92 Å². The van der Waals surface area contributed by atoms with Crippen LogP contribution in [0.3, 0.4) is 0 Å². The van der Waals surface area contributed by atoms with Crippen LogP contribution in [0.2, 0.25) is 0 Å². The summed E-state index contributed by atoms with van der Waals surface area (Å²) in [7, 11) is 0. The second kappa shape index (κ2) is 3.77. The molecular formula is C9H13F3N2. The van der Waals surface area contributed by atoms with E-state index in [0.29, 0.717) is 0 Å². The van der Waals surface area contributed by atoms with Gasteiger partial charge in [0.15, 0.2) is 5.92 Å². The molecule has 1 N–H and O–H groups in total. The molecule has 5 heteroatoms. The molecule has 1 rings (SSSR count). The van der Waals surface area contributed by atoms with Crippen LogP contribution in [0, 0.1) is 17.2 Å². The maximum Gasteiger partial charge on any atom is 0.405 e. The lowest BCUT2D eigenvalue weighted by Gasteiger charge is -2.40. The molecule has 1 fully saturated rings. The van der Waals surface area contributed by atoms with Gasteiger partial charge in [0.1, 0.15) is 0 Å². The highest BCUT2D eigenvalue weighted by Gasteiger charge is 2.41. The standard InChI is InChI=1S/C9H13F3N2/c1-8(3-2-4-8)14-6-7(5-13)9(10,11)12/h7,14H,2-4,6H2,1H3. The molecule has 0 amide bonds. The first-order chi connectivity index (χ1) is 6.37. The fraction of sp³-hybridized carbons (Fsp3) is 0.889. The first-order valence-electron chi connectivity index (χ1n) is 4.59. The van der Waals surface area contributed by atoms with E-state index in [2.05, 4.69) is 5.32 Å². The highest BCUT2D eigenvalue weighted by atomic mass is 19.4. The van der Waals surface area contributed by atoms with Gasteiger partial charge in [-0.2, -0.15) is 18.4 Å². The molecule has 0 saturated heterocycles. The van der Waals surface area contributed by atoms with Crippen LogP contribution < -0.4 is 5.32 Å². The molecule has 1 aliphatic carbocycles. The Balaban J connectivity index is 2.39. The Hall–Kier alpha value is -0.760. The van der Waals surface area contributed by atoms with Crippen molar-refractivity contribution in [1.29, 1.82) is 5.26 Å². The number of alkyl halides is 3. The van der Waals surface area contributed by atoms with E-state index in [-0.39, 0.29) is 12.1 Å². The summed E-state index contributed by atoms with van der Waals surface area (Å²) in [6.07, 6.45) is -1.58. The van der Waals surface area contributed by atoms with Crippen molar-refractivity contribution in [3.63, 3.8) is 0 Å². The van der Waals surface area contributed by atoms with Gasteiger partial charge in [-0.05, 0) is 26.2 Å². The minimum absolute atomic E-state index is 0.180. The summed E-state index contributed by atoms with van der Waals surface area (Å²) in [6.45, 7) is 1.60. The minimum atomic E-state index is -4.41. The quantitative estimate of drug-likeness (QED) is 0.768. The van der Waals surface area contributed by atoms with Crippen molar-refractivity contribution in [2.24, 2.45) is 5.92 Å². The molecule has 80 valence electrons. The minimum Gasteiger partial charge on any atom is -0.310 e. The number of hydrogen-bond donors (Lipinski definition) is 1. The zero-order chi connectivity index (χ0) is 10.8. The van der Waals surface area contributed by atoms with Crippen LogP contribution in [0.4, 0.5) is 13.2 Å². The Labute approximate surface area is 81.1 Å². The molecule has 2 nitrogen and oxygen atoms in total. The van der Waals surface area contributed by atoms with Crippen LogP contribution >= 0.6 is 0 Å². The lowest BCUT2D eigenvalue weighted by atomic mass is 9.78. The van der Waals surface area contributed by atoms with E-state index < -0.39 is 12.1 Å². The molecule has 0 radical (unpaired) electrons. The molecular weight excluding hydrogens is 193 g/mol. The predicted molar refractivity (Wildman–Crippen MR) is 45.4 cm³/mol. The van der Waals surface area contributed by atoms with Crippen molar-refractivity contribution in [1.82, 2.24) is 5.32 Å². The monoisotopic (exact) mass is 206 g/mol. The maximum absolute atomic E-state index is 12.2. The lowest BCUT2D eigenvalue weighted by Crippen LogP contribution is -2.51. The number of nitriles is 1. The van der Waals surface area contributed by atoms with E-state index in [1.165, 1.54) is 6.07 Å². The van der Waals surface area contributed by atoms with Crippen LogP contribution in [0.15, 0.2) is 0 Å². The van der Waals surface area contributed by atoms with Crippen LogP contribution in [-0.2, 0) is 0 Å². The number of hydrogen-bond acceptors (Lipinski definition) is 2. The van der Waals surface area contributed by atoms with Crippen LogP contribution in [-0.4, -0.2) is 18.3 Å². The summed E-state index contributed by atoms with van der Waals surface area (Å²) in [5, 5.41) is 11.1. The van der Waals surface area contributed by atoms with Crippen LogP contribution in [0.1, 0.15) is 26.2 Å². The topological polar surface area (TPSA) is 35.8 Å². The molecule has 1 unspecified atom stereocenters. The van der Waals surface area contributed by atoms with Gasteiger partial charge >= 0.3 is 6.18 Å². The van der Waals surface area contributed by atoms with E-state index in [1.54, 1.807) is 0 Å². The van der Waals surface area contributed by atoms with Gasteiger partial charge < -0.3 is 5.32 Å². The zero-order valence-electron chi connectivity index (χ0n) is 7.99.